The van der Waals surface area contributed by atoms with Crippen molar-refractivity contribution >= 4 is 38.6 Å². The van der Waals surface area contributed by atoms with Gasteiger partial charge in [-0.2, -0.15) is 0 Å². The van der Waals surface area contributed by atoms with Gasteiger partial charge in [-0.3, -0.25) is 4.79 Å². The highest BCUT2D eigenvalue weighted by molar-refractivity contribution is 7.99. The second-order valence-corrected chi connectivity index (χ2v) is 7.34. The van der Waals surface area contributed by atoms with Gasteiger partial charge in [0.1, 0.15) is 11.3 Å². The molecule has 8 heteroatoms. The summed E-state index contributed by atoms with van der Waals surface area (Å²) in [6.07, 6.45) is 1.15. The van der Waals surface area contributed by atoms with Gasteiger partial charge in [-0.15, -0.1) is 11.8 Å². The Morgan fingerprint density at radius 1 is 1.45 bits per heavy atom. The van der Waals surface area contributed by atoms with Crippen LogP contribution in [-0.2, 0) is 27.4 Å². The van der Waals surface area contributed by atoms with E-state index in [-0.39, 0.29) is 10.6 Å². The van der Waals surface area contributed by atoms with Crippen LogP contribution >= 0.6 is 11.8 Å². The summed E-state index contributed by atoms with van der Waals surface area (Å²) in [5, 5.41) is 8.62. The standard InChI is InChI=1S/C12H14N2O4S2/c1-14-8-4-3-5-9(20(2,17)18)12(8)13-10(14)6-19-7-11(15)16/h3-5H,6-7H2,1-2H3,(H,15,16). The molecule has 1 aromatic heterocycles. The van der Waals surface area contributed by atoms with Crippen molar-refractivity contribution < 1.29 is 18.3 Å². The van der Waals surface area contributed by atoms with E-state index >= 15 is 0 Å². The normalized spacial score (nSPS) is 11.9. The Kier molecular flexibility index (Phi) is 4.05. The molecule has 0 saturated heterocycles. The summed E-state index contributed by atoms with van der Waals surface area (Å²) >= 11 is 1.22. The van der Waals surface area contributed by atoms with Gasteiger partial charge in [0, 0.05) is 13.3 Å². The van der Waals surface area contributed by atoms with Crippen molar-refractivity contribution in [1.29, 1.82) is 0 Å². The van der Waals surface area contributed by atoms with Crippen molar-refractivity contribution in [1.82, 2.24) is 9.55 Å². The van der Waals surface area contributed by atoms with Crippen LogP contribution in [0, 0.1) is 0 Å². The fourth-order valence-corrected chi connectivity index (χ4v) is 3.44. The zero-order valence-electron chi connectivity index (χ0n) is 11.0. The molecule has 0 amide bonds. The molecule has 1 aromatic carbocycles. The number of para-hydroxylation sites is 1. The lowest BCUT2D eigenvalue weighted by molar-refractivity contribution is -0.133. The number of thioether (sulfide) groups is 1. The van der Waals surface area contributed by atoms with E-state index in [2.05, 4.69) is 4.98 Å². The predicted molar refractivity (Wildman–Crippen MR) is 77.6 cm³/mol. The van der Waals surface area contributed by atoms with Crippen LogP contribution in [0.1, 0.15) is 5.82 Å². The molecule has 108 valence electrons. The first-order valence-corrected chi connectivity index (χ1v) is 8.79. The van der Waals surface area contributed by atoms with Crippen LogP contribution in [0.15, 0.2) is 23.1 Å². The Morgan fingerprint density at radius 3 is 2.75 bits per heavy atom. The van der Waals surface area contributed by atoms with E-state index in [1.165, 1.54) is 17.8 Å². The molecule has 0 fully saturated rings. The van der Waals surface area contributed by atoms with E-state index in [1.54, 1.807) is 23.7 Å². The van der Waals surface area contributed by atoms with Gasteiger partial charge in [-0.25, -0.2) is 13.4 Å². The summed E-state index contributed by atoms with van der Waals surface area (Å²) in [6, 6.07) is 5.00. The molecule has 1 heterocycles. The van der Waals surface area contributed by atoms with E-state index in [1.807, 2.05) is 0 Å². The molecular weight excluding hydrogens is 300 g/mol. The highest BCUT2D eigenvalue weighted by Gasteiger charge is 2.17. The van der Waals surface area contributed by atoms with Crippen molar-refractivity contribution in [3.63, 3.8) is 0 Å². The third-order valence-electron chi connectivity index (χ3n) is 2.82. The molecular formula is C12H14N2O4S2. The SMILES string of the molecule is Cn1c(CSCC(=O)O)nc2c(S(C)(=O)=O)cccc21. The van der Waals surface area contributed by atoms with E-state index in [9.17, 15) is 13.2 Å². The highest BCUT2D eigenvalue weighted by atomic mass is 32.2. The number of fused-ring (bicyclic) bond motifs is 1. The summed E-state index contributed by atoms with van der Waals surface area (Å²) in [4.78, 5) is 15.0. The van der Waals surface area contributed by atoms with Gasteiger partial charge in [0.2, 0.25) is 0 Å². The third-order valence-corrected chi connectivity index (χ3v) is 4.87. The monoisotopic (exact) mass is 314 g/mol. The Labute approximate surface area is 120 Å². The molecule has 0 atom stereocenters. The Balaban J connectivity index is 2.44. The zero-order valence-corrected chi connectivity index (χ0v) is 12.7. The molecule has 6 nitrogen and oxygen atoms in total. The van der Waals surface area contributed by atoms with Gasteiger partial charge in [-0.1, -0.05) is 6.07 Å². The first-order chi connectivity index (χ1) is 9.30. The quantitative estimate of drug-likeness (QED) is 0.894. The number of aromatic nitrogens is 2. The van der Waals surface area contributed by atoms with Crippen molar-refractivity contribution in [2.75, 3.05) is 12.0 Å². The fourth-order valence-electron chi connectivity index (χ4n) is 1.89. The summed E-state index contributed by atoms with van der Waals surface area (Å²) < 4.78 is 25.3. The number of carboxylic acids is 1. The molecule has 0 radical (unpaired) electrons. The van der Waals surface area contributed by atoms with Crippen molar-refractivity contribution in [2.24, 2.45) is 7.05 Å². The lowest BCUT2D eigenvalue weighted by Crippen LogP contribution is -2.01. The number of imidazole rings is 1. The van der Waals surface area contributed by atoms with Crippen LogP contribution in [-0.4, -0.2) is 41.1 Å². The smallest absolute Gasteiger partial charge is 0.313 e. The summed E-state index contributed by atoms with van der Waals surface area (Å²) in [7, 11) is -1.55. The molecule has 0 aliphatic carbocycles. The van der Waals surface area contributed by atoms with Crippen molar-refractivity contribution in [2.45, 2.75) is 10.6 Å². The maximum absolute atomic E-state index is 11.7. The summed E-state index contributed by atoms with van der Waals surface area (Å²) in [5.74, 6) is 0.177. The topological polar surface area (TPSA) is 89.3 Å². The lowest BCUT2D eigenvalue weighted by atomic mass is 10.3. The molecule has 0 saturated carbocycles. The summed E-state index contributed by atoms with van der Waals surface area (Å²) in [6.45, 7) is 0. The Hall–Kier alpha value is -1.54. The molecule has 1 N–H and O–H groups in total. The maximum Gasteiger partial charge on any atom is 0.313 e. The second kappa shape index (κ2) is 5.45. The van der Waals surface area contributed by atoms with Crippen molar-refractivity contribution in [3.8, 4) is 0 Å². The van der Waals surface area contributed by atoms with E-state index in [0.29, 0.717) is 17.1 Å². The number of carbonyl (C=O) groups is 1. The van der Waals surface area contributed by atoms with Gasteiger partial charge in [-0.05, 0) is 12.1 Å². The highest BCUT2D eigenvalue weighted by Crippen LogP contribution is 2.24. The van der Waals surface area contributed by atoms with Crippen LogP contribution in [0.25, 0.3) is 11.0 Å². The first kappa shape index (κ1) is 14.9. The number of hydrogen-bond donors (Lipinski definition) is 1. The largest absolute Gasteiger partial charge is 0.481 e. The molecule has 2 aromatic rings. The van der Waals surface area contributed by atoms with Crippen LogP contribution in [0.2, 0.25) is 0 Å². The minimum Gasteiger partial charge on any atom is -0.481 e. The van der Waals surface area contributed by atoms with Crippen LogP contribution in [0.4, 0.5) is 0 Å². The molecule has 0 bridgehead atoms. The number of benzene rings is 1. The number of aliphatic carboxylic acids is 1. The van der Waals surface area contributed by atoms with E-state index in [0.717, 1.165) is 11.8 Å². The van der Waals surface area contributed by atoms with Crippen molar-refractivity contribution in [3.05, 3.63) is 24.0 Å². The van der Waals surface area contributed by atoms with Crippen LogP contribution in [0.3, 0.4) is 0 Å². The van der Waals surface area contributed by atoms with Gasteiger partial charge in [0.05, 0.1) is 21.9 Å². The zero-order chi connectivity index (χ0) is 14.9. The minimum atomic E-state index is -3.34. The molecule has 0 aliphatic rings. The van der Waals surface area contributed by atoms with Crippen LogP contribution in [0.5, 0.6) is 0 Å². The molecule has 2 rings (SSSR count). The van der Waals surface area contributed by atoms with Gasteiger partial charge in [0.25, 0.3) is 0 Å². The van der Waals surface area contributed by atoms with Gasteiger partial charge in [0.15, 0.2) is 9.84 Å². The fraction of sp³-hybridized carbons (Fsp3) is 0.333. The van der Waals surface area contributed by atoms with Gasteiger partial charge < -0.3 is 9.67 Å². The average Bonchev–Trinajstić information content (AvgIpc) is 2.65. The molecule has 20 heavy (non-hydrogen) atoms. The Bertz CT molecular complexity index is 765. The average molecular weight is 314 g/mol. The molecule has 0 unspecified atom stereocenters. The number of carboxylic acid groups (broad SMARTS) is 1. The van der Waals surface area contributed by atoms with Crippen LogP contribution < -0.4 is 0 Å². The second-order valence-electron chi connectivity index (χ2n) is 4.37. The minimum absolute atomic E-state index is 0.0118. The number of aryl methyl sites for hydroxylation is 1. The maximum atomic E-state index is 11.7. The number of hydrogen-bond acceptors (Lipinski definition) is 5. The number of sulfone groups is 1. The Morgan fingerprint density at radius 2 is 2.15 bits per heavy atom. The number of nitrogens with zero attached hydrogens (tertiary/aromatic N) is 2. The lowest BCUT2D eigenvalue weighted by Gasteiger charge is -2.01. The molecule has 0 spiro atoms. The predicted octanol–water partition coefficient (Wildman–Crippen LogP) is 1.29. The molecule has 0 aliphatic heterocycles. The number of rotatable bonds is 5. The third kappa shape index (κ3) is 2.96. The van der Waals surface area contributed by atoms with Gasteiger partial charge >= 0.3 is 5.97 Å². The first-order valence-electron chi connectivity index (χ1n) is 5.74. The summed E-state index contributed by atoms with van der Waals surface area (Å²) in [5.41, 5.74) is 1.15. The van der Waals surface area contributed by atoms with E-state index in [4.69, 9.17) is 5.11 Å². The van der Waals surface area contributed by atoms with E-state index < -0.39 is 15.8 Å².